The molecule has 0 saturated heterocycles. The third-order valence-electron chi connectivity index (χ3n) is 2.86. The van der Waals surface area contributed by atoms with Gasteiger partial charge in [0.25, 0.3) is 0 Å². The van der Waals surface area contributed by atoms with Gasteiger partial charge in [-0.15, -0.1) is 0 Å². The molecule has 19 heavy (non-hydrogen) atoms. The molecule has 0 saturated carbocycles. The number of aromatic nitrogens is 1. The molecule has 2 N–H and O–H groups in total. The van der Waals surface area contributed by atoms with E-state index in [2.05, 4.69) is 5.10 Å². The van der Waals surface area contributed by atoms with Gasteiger partial charge in [0.2, 0.25) is 10.0 Å². The Hall–Kier alpha value is -1.55. The third-order valence-corrected chi connectivity index (χ3v) is 4.56. The van der Waals surface area contributed by atoms with Crippen molar-refractivity contribution < 1.29 is 21.6 Å². The second kappa shape index (κ2) is 4.23. The van der Waals surface area contributed by atoms with Gasteiger partial charge in [-0.1, -0.05) is 0 Å². The summed E-state index contributed by atoms with van der Waals surface area (Å²) in [5, 5.41) is 3.30. The first-order chi connectivity index (χ1) is 8.66. The molecular formula is C9H11F3N4O2S. The van der Waals surface area contributed by atoms with Crippen LogP contribution in [0, 0.1) is 0 Å². The SMILES string of the molecule is CN1Cn2c(ccc2C(F)(F)F)/C(=N/N)CS1(=O)=O. The van der Waals surface area contributed by atoms with Crippen molar-refractivity contribution in [2.45, 2.75) is 12.8 Å². The lowest BCUT2D eigenvalue weighted by molar-refractivity contribution is -0.144. The second-order valence-corrected chi connectivity index (χ2v) is 6.18. The van der Waals surface area contributed by atoms with Gasteiger partial charge < -0.3 is 10.4 Å². The van der Waals surface area contributed by atoms with Crippen molar-refractivity contribution in [1.82, 2.24) is 8.87 Å². The zero-order valence-corrected chi connectivity index (χ0v) is 10.7. The third kappa shape index (κ3) is 2.32. The van der Waals surface area contributed by atoms with E-state index in [1.54, 1.807) is 0 Å². The van der Waals surface area contributed by atoms with Crippen molar-refractivity contribution in [2.24, 2.45) is 10.9 Å². The maximum absolute atomic E-state index is 12.8. The molecule has 1 aromatic rings. The summed E-state index contributed by atoms with van der Waals surface area (Å²) >= 11 is 0. The molecule has 0 radical (unpaired) electrons. The van der Waals surface area contributed by atoms with Crippen LogP contribution in [-0.4, -0.2) is 35.8 Å². The molecule has 1 aliphatic rings. The van der Waals surface area contributed by atoms with E-state index in [0.717, 1.165) is 14.9 Å². The molecule has 0 atom stereocenters. The molecule has 0 bridgehead atoms. The summed E-state index contributed by atoms with van der Waals surface area (Å²) in [5.41, 5.74) is -0.977. The molecule has 2 rings (SSSR count). The first-order valence-electron chi connectivity index (χ1n) is 5.14. The van der Waals surface area contributed by atoms with E-state index < -0.39 is 34.3 Å². The molecule has 0 unspecified atom stereocenters. The summed E-state index contributed by atoms with van der Waals surface area (Å²) in [5.74, 6) is 4.56. The van der Waals surface area contributed by atoms with E-state index in [-0.39, 0.29) is 11.4 Å². The molecule has 0 aliphatic carbocycles. The number of hydrazone groups is 1. The smallest absolute Gasteiger partial charge is 0.323 e. The molecule has 2 heterocycles. The monoisotopic (exact) mass is 296 g/mol. The van der Waals surface area contributed by atoms with Gasteiger partial charge >= 0.3 is 6.18 Å². The lowest BCUT2D eigenvalue weighted by Gasteiger charge is -2.17. The van der Waals surface area contributed by atoms with E-state index in [4.69, 9.17) is 5.84 Å². The van der Waals surface area contributed by atoms with Crippen LogP contribution in [0.15, 0.2) is 17.2 Å². The van der Waals surface area contributed by atoms with Gasteiger partial charge in [-0.2, -0.15) is 22.6 Å². The summed E-state index contributed by atoms with van der Waals surface area (Å²) in [6.45, 7) is -0.432. The number of rotatable bonds is 0. The molecule has 0 spiro atoms. The standard InChI is InChI=1S/C9H11F3N4O2S/c1-15-5-16-7(2-3-8(16)9(10,11)12)6(14-13)4-19(15,17)18/h2-3H,4-5,13H2,1H3/b14-6+. The van der Waals surface area contributed by atoms with Crippen molar-refractivity contribution in [2.75, 3.05) is 12.8 Å². The van der Waals surface area contributed by atoms with Crippen LogP contribution in [0.1, 0.15) is 11.4 Å². The largest absolute Gasteiger partial charge is 0.431 e. The van der Waals surface area contributed by atoms with Crippen molar-refractivity contribution in [3.8, 4) is 0 Å². The summed E-state index contributed by atoms with van der Waals surface area (Å²) in [6, 6.07) is 2.05. The summed E-state index contributed by atoms with van der Waals surface area (Å²) < 4.78 is 63.8. The van der Waals surface area contributed by atoms with Crippen molar-refractivity contribution in [1.29, 1.82) is 0 Å². The minimum absolute atomic E-state index is 0.0581. The fourth-order valence-electron chi connectivity index (χ4n) is 1.87. The van der Waals surface area contributed by atoms with E-state index in [1.165, 1.54) is 13.1 Å². The van der Waals surface area contributed by atoms with Crippen LogP contribution < -0.4 is 5.84 Å². The molecule has 1 aliphatic heterocycles. The molecular weight excluding hydrogens is 285 g/mol. The van der Waals surface area contributed by atoms with Crippen LogP contribution in [0.5, 0.6) is 0 Å². The average Bonchev–Trinajstić information content (AvgIpc) is 2.65. The molecule has 6 nitrogen and oxygen atoms in total. The van der Waals surface area contributed by atoms with E-state index in [0.29, 0.717) is 0 Å². The number of hydrogen-bond donors (Lipinski definition) is 1. The fourth-order valence-corrected chi connectivity index (χ4v) is 2.95. The number of alkyl halides is 3. The van der Waals surface area contributed by atoms with Crippen LogP contribution in [0.25, 0.3) is 0 Å². The van der Waals surface area contributed by atoms with Crippen LogP contribution in [-0.2, 0) is 22.9 Å². The van der Waals surface area contributed by atoms with Gasteiger partial charge in [0.15, 0.2) is 0 Å². The Morgan fingerprint density at radius 3 is 2.53 bits per heavy atom. The number of nitrogens with zero attached hydrogens (tertiary/aromatic N) is 3. The molecule has 0 aromatic carbocycles. The predicted molar refractivity (Wildman–Crippen MR) is 61.7 cm³/mol. The van der Waals surface area contributed by atoms with Gasteiger partial charge in [0.05, 0.1) is 12.4 Å². The van der Waals surface area contributed by atoms with Crippen LogP contribution in [0.3, 0.4) is 0 Å². The minimum Gasteiger partial charge on any atom is -0.323 e. The molecule has 10 heteroatoms. The second-order valence-electron chi connectivity index (χ2n) is 4.10. The Morgan fingerprint density at radius 2 is 2.00 bits per heavy atom. The summed E-state index contributed by atoms with van der Waals surface area (Å²) in [4.78, 5) is 0. The van der Waals surface area contributed by atoms with Gasteiger partial charge in [-0.3, -0.25) is 0 Å². The first kappa shape index (κ1) is 13.9. The fraction of sp³-hybridized carbons (Fsp3) is 0.444. The zero-order chi connectivity index (χ0) is 14.4. The Balaban J connectivity index is 2.65. The number of sulfonamides is 1. The highest BCUT2D eigenvalue weighted by atomic mass is 32.2. The Morgan fingerprint density at radius 1 is 1.37 bits per heavy atom. The van der Waals surface area contributed by atoms with E-state index in [1.807, 2.05) is 0 Å². The van der Waals surface area contributed by atoms with Crippen molar-refractivity contribution >= 4 is 15.7 Å². The lowest BCUT2D eigenvalue weighted by atomic mass is 10.3. The molecule has 0 amide bonds. The maximum Gasteiger partial charge on any atom is 0.431 e. The Labute approximate surface area is 107 Å². The van der Waals surface area contributed by atoms with E-state index in [9.17, 15) is 21.6 Å². The maximum atomic E-state index is 12.8. The van der Waals surface area contributed by atoms with E-state index >= 15 is 0 Å². The summed E-state index contributed by atoms with van der Waals surface area (Å²) in [6.07, 6.45) is -4.58. The Bertz CT molecular complexity index is 632. The quantitative estimate of drug-likeness (QED) is 0.556. The number of nitrogens with two attached hydrogens (primary N) is 1. The molecule has 106 valence electrons. The first-order valence-corrected chi connectivity index (χ1v) is 6.75. The topological polar surface area (TPSA) is 80.7 Å². The predicted octanol–water partition coefficient (Wildman–Crippen LogP) is 0.402. The highest BCUT2D eigenvalue weighted by Crippen LogP contribution is 2.32. The average molecular weight is 296 g/mol. The van der Waals surface area contributed by atoms with Crippen LogP contribution in [0.4, 0.5) is 13.2 Å². The minimum atomic E-state index is -4.58. The van der Waals surface area contributed by atoms with Gasteiger partial charge in [0.1, 0.15) is 17.2 Å². The number of halogens is 3. The van der Waals surface area contributed by atoms with Crippen molar-refractivity contribution in [3.05, 3.63) is 23.5 Å². The van der Waals surface area contributed by atoms with Gasteiger partial charge in [0, 0.05) is 7.05 Å². The summed E-state index contributed by atoms with van der Waals surface area (Å²) in [7, 11) is -2.52. The van der Waals surface area contributed by atoms with Gasteiger partial charge in [-0.25, -0.2) is 8.42 Å². The Kier molecular flexibility index (Phi) is 3.09. The lowest BCUT2D eigenvalue weighted by Crippen LogP contribution is -2.31. The molecule has 0 fully saturated rings. The zero-order valence-electron chi connectivity index (χ0n) is 9.85. The highest BCUT2D eigenvalue weighted by Gasteiger charge is 2.38. The highest BCUT2D eigenvalue weighted by molar-refractivity contribution is 7.89. The van der Waals surface area contributed by atoms with Crippen molar-refractivity contribution in [3.63, 3.8) is 0 Å². The normalized spacial score (nSPS) is 22.2. The van der Waals surface area contributed by atoms with Gasteiger partial charge in [-0.05, 0) is 12.1 Å². The van der Waals surface area contributed by atoms with Crippen LogP contribution in [0.2, 0.25) is 0 Å². The van der Waals surface area contributed by atoms with Crippen LogP contribution >= 0.6 is 0 Å². The number of hydrogen-bond acceptors (Lipinski definition) is 4. The molecule has 1 aromatic heterocycles. The number of fused-ring (bicyclic) bond motifs is 1.